The lowest BCUT2D eigenvalue weighted by Crippen LogP contribution is -2.54. The fraction of sp³-hybridized carbons (Fsp3) is 0.474. The maximum Gasteiger partial charge on any atom is 0.409 e. The molecule has 0 aliphatic heterocycles. The normalized spacial score (nSPS) is 25.2. The van der Waals surface area contributed by atoms with E-state index in [0.29, 0.717) is 56.2 Å². The quantitative estimate of drug-likeness (QED) is 0.197. The molecule has 1 saturated carbocycles. The van der Waals surface area contributed by atoms with Crippen LogP contribution in [0.1, 0.15) is 97.1 Å². The van der Waals surface area contributed by atoms with Crippen LogP contribution in [0.3, 0.4) is 0 Å². The molecule has 3 aliphatic carbocycles. The predicted octanol–water partition coefficient (Wildman–Crippen LogP) is 7.72. The maximum atomic E-state index is 14.1. The van der Waals surface area contributed by atoms with Gasteiger partial charge in [-0.15, -0.1) is 11.3 Å². The summed E-state index contributed by atoms with van der Waals surface area (Å²) in [5.74, 6) is -0.159. The molecule has 1 aromatic heterocycles. The Morgan fingerprint density at radius 3 is 2.60 bits per heavy atom. The number of fused-ring (bicyclic) bond motifs is 8. The summed E-state index contributed by atoms with van der Waals surface area (Å²) in [5, 5.41) is 25.6. The molecule has 3 aliphatic rings. The molecule has 45 heavy (non-hydrogen) atoms. The summed E-state index contributed by atoms with van der Waals surface area (Å²) in [6.45, 7) is 6.95. The molecular formula is C38H47NO5S. The number of carbonyl (C=O) groups is 2. The Kier molecular flexibility index (Phi) is 10.6. The number of thiophene rings is 1. The summed E-state index contributed by atoms with van der Waals surface area (Å²) in [7, 11) is 0. The van der Waals surface area contributed by atoms with E-state index in [1.165, 1.54) is 10.5 Å². The number of nitrogens with zero attached hydrogens (tertiary/aromatic N) is 1. The molecule has 240 valence electrons. The van der Waals surface area contributed by atoms with E-state index in [9.17, 15) is 19.8 Å². The van der Waals surface area contributed by atoms with Gasteiger partial charge in [0.1, 0.15) is 0 Å². The number of hydrogen-bond donors (Lipinski definition) is 2. The first-order chi connectivity index (χ1) is 21.6. The van der Waals surface area contributed by atoms with Gasteiger partial charge >= 0.3 is 6.09 Å². The molecule has 2 aromatic carbocycles. The van der Waals surface area contributed by atoms with Crippen LogP contribution in [-0.2, 0) is 17.6 Å². The van der Waals surface area contributed by atoms with E-state index < -0.39 is 23.2 Å². The topological polar surface area (TPSA) is 87.1 Å². The van der Waals surface area contributed by atoms with Crippen molar-refractivity contribution in [3.63, 3.8) is 0 Å². The van der Waals surface area contributed by atoms with Gasteiger partial charge in [0.15, 0.2) is 5.78 Å². The first-order valence-electron chi connectivity index (χ1n) is 16.4. The Labute approximate surface area is 271 Å². The smallest absolute Gasteiger partial charge is 0.409 e. The van der Waals surface area contributed by atoms with Gasteiger partial charge in [-0.3, -0.25) is 4.79 Å². The van der Waals surface area contributed by atoms with Crippen molar-refractivity contribution < 1.29 is 24.5 Å². The van der Waals surface area contributed by atoms with E-state index in [1.807, 2.05) is 53.9 Å². The minimum absolute atomic E-state index is 0.0494. The van der Waals surface area contributed by atoms with Crippen LogP contribution < -0.4 is 0 Å². The number of amides is 1. The predicted molar refractivity (Wildman–Crippen MR) is 180 cm³/mol. The third-order valence-corrected chi connectivity index (χ3v) is 11.1. The van der Waals surface area contributed by atoms with Gasteiger partial charge in [-0.1, -0.05) is 67.1 Å². The Morgan fingerprint density at radius 1 is 1.07 bits per heavy atom. The second-order valence-corrected chi connectivity index (χ2v) is 14.1. The van der Waals surface area contributed by atoms with Crippen molar-refractivity contribution in [1.82, 2.24) is 4.90 Å². The van der Waals surface area contributed by atoms with E-state index in [2.05, 4.69) is 32.1 Å². The lowest BCUT2D eigenvalue weighted by molar-refractivity contribution is -0.0807. The number of aliphatic hydroxyl groups is 2. The molecule has 7 heteroatoms. The van der Waals surface area contributed by atoms with Crippen LogP contribution in [0.5, 0.6) is 0 Å². The summed E-state index contributed by atoms with van der Waals surface area (Å²) < 4.78 is 5.48. The van der Waals surface area contributed by atoms with Gasteiger partial charge in [0.25, 0.3) is 0 Å². The molecule has 1 heterocycles. The van der Waals surface area contributed by atoms with E-state index in [-0.39, 0.29) is 24.9 Å². The van der Waals surface area contributed by atoms with Crippen molar-refractivity contribution in [2.45, 2.75) is 89.8 Å². The van der Waals surface area contributed by atoms with Crippen molar-refractivity contribution in [2.75, 3.05) is 19.7 Å². The molecule has 1 fully saturated rings. The first kappa shape index (κ1) is 33.1. The van der Waals surface area contributed by atoms with Crippen LogP contribution in [0.4, 0.5) is 4.79 Å². The van der Waals surface area contributed by atoms with Gasteiger partial charge < -0.3 is 19.8 Å². The van der Waals surface area contributed by atoms with Crippen LogP contribution in [0.15, 0.2) is 77.7 Å². The highest BCUT2D eigenvalue weighted by atomic mass is 32.1. The Hall–Kier alpha value is -3.26. The largest absolute Gasteiger partial charge is 0.450 e. The van der Waals surface area contributed by atoms with Gasteiger partial charge in [0.2, 0.25) is 0 Å². The van der Waals surface area contributed by atoms with Gasteiger partial charge in [0, 0.05) is 28.0 Å². The lowest BCUT2D eigenvalue weighted by atomic mass is 9.64. The van der Waals surface area contributed by atoms with E-state index in [1.54, 1.807) is 23.2 Å². The molecule has 3 aromatic rings. The highest BCUT2D eigenvalue weighted by molar-refractivity contribution is 7.09. The Morgan fingerprint density at radius 2 is 1.87 bits per heavy atom. The van der Waals surface area contributed by atoms with Crippen LogP contribution in [0.2, 0.25) is 0 Å². The zero-order chi connectivity index (χ0) is 32.0. The fourth-order valence-corrected chi connectivity index (χ4v) is 8.11. The Balaban J connectivity index is 1.56. The van der Waals surface area contributed by atoms with Crippen molar-refractivity contribution >= 4 is 23.2 Å². The lowest BCUT2D eigenvalue weighted by Gasteiger charge is -2.46. The van der Waals surface area contributed by atoms with E-state index in [4.69, 9.17) is 4.74 Å². The minimum Gasteiger partial charge on any atom is -0.450 e. The van der Waals surface area contributed by atoms with Gasteiger partial charge in [0.05, 0.1) is 24.9 Å². The SMILES string of the molecule is CCOC(=O)N(CCc1cccs1)C[C@]1(O)CC[C@H]2c3ccc(cc3C(=O)c3ccccc3)C[C@@H](O)CCC(C)=CCC[C@@]21C. The average Bonchev–Trinajstić information content (AvgIpc) is 3.64. The number of allylic oxidation sites excluding steroid dienone is 2. The molecule has 0 unspecified atom stereocenters. The van der Waals surface area contributed by atoms with Crippen LogP contribution in [0.25, 0.3) is 0 Å². The zero-order valence-electron chi connectivity index (χ0n) is 26.8. The molecule has 6 nitrogen and oxygen atoms in total. The standard InChI is InChI=1S/C38H47NO5S/c1-4-44-36(42)39(22-19-31-13-9-23-45-31)26-38(43)21-18-34-32-17-15-28(25-33(32)35(41)29-11-6-5-7-12-29)24-30(40)16-14-27(2)10-8-20-37(34,38)3/h5-7,9-13,15,17,23,25,30,34,40,43H,4,8,14,16,18-22,24,26H2,1-3H3/t30-,34-,37-,38+/m0/s1. The number of rotatable bonds is 8. The molecule has 0 radical (unpaired) electrons. The van der Waals surface area contributed by atoms with Gasteiger partial charge in [-0.05, 0) is 99.8 Å². The first-order valence-corrected chi connectivity index (χ1v) is 17.2. The molecule has 2 N–H and O–H groups in total. The number of ether oxygens (including phenoxy) is 1. The highest BCUT2D eigenvalue weighted by Gasteiger charge is 2.57. The molecule has 1 amide bonds. The number of aliphatic hydroxyl groups excluding tert-OH is 1. The summed E-state index contributed by atoms with van der Waals surface area (Å²) >= 11 is 1.66. The summed E-state index contributed by atoms with van der Waals surface area (Å²) in [6, 6.07) is 19.5. The molecule has 2 bridgehead atoms. The average molecular weight is 630 g/mol. The third kappa shape index (κ3) is 7.43. The number of ketones is 1. The second-order valence-electron chi connectivity index (χ2n) is 13.1. The third-order valence-electron chi connectivity index (χ3n) is 10.1. The summed E-state index contributed by atoms with van der Waals surface area (Å²) in [5.41, 5.74) is 2.52. The van der Waals surface area contributed by atoms with Crippen molar-refractivity contribution in [3.8, 4) is 0 Å². The van der Waals surface area contributed by atoms with E-state index >= 15 is 0 Å². The van der Waals surface area contributed by atoms with Crippen LogP contribution in [-0.4, -0.2) is 58.4 Å². The molecule has 6 rings (SSSR count). The van der Waals surface area contributed by atoms with Gasteiger partial charge in [-0.2, -0.15) is 0 Å². The zero-order valence-corrected chi connectivity index (χ0v) is 27.7. The number of benzene rings is 2. The van der Waals surface area contributed by atoms with Gasteiger partial charge in [-0.25, -0.2) is 4.79 Å². The molecular weight excluding hydrogens is 582 g/mol. The minimum atomic E-state index is -1.19. The highest BCUT2D eigenvalue weighted by Crippen LogP contribution is 2.59. The summed E-state index contributed by atoms with van der Waals surface area (Å²) in [4.78, 5) is 30.2. The number of carbonyl (C=O) groups excluding carboxylic acids is 2. The molecule has 0 spiro atoms. The van der Waals surface area contributed by atoms with Crippen LogP contribution in [0, 0.1) is 5.41 Å². The molecule has 0 saturated heterocycles. The van der Waals surface area contributed by atoms with Crippen molar-refractivity contribution in [2.24, 2.45) is 5.41 Å². The van der Waals surface area contributed by atoms with Crippen molar-refractivity contribution in [1.29, 1.82) is 0 Å². The number of hydrogen-bond acceptors (Lipinski definition) is 6. The molecule has 4 atom stereocenters. The van der Waals surface area contributed by atoms with Crippen LogP contribution >= 0.6 is 11.3 Å². The fourth-order valence-electron chi connectivity index (χ4n) is 7.41. The second kappa shape index (κ2) is 14.4. The van der Waals surface area contributed by atoms with E-state index in [0.717, 1.165) is 24.0 Å². The monoisotopic (exact) mass is 629 g/mol. The Bertz CT molecular complexity index is 1490. The maximum absolute atomic E-state index is 14.1. The van der Waals surface area contributed by atoms with Crippen molar-refractivity contribution in [3.05, 3.63) is 105 Å². The summed E-state index contributed by atoms with van der Waals surface area (Å²) in [6.07, 6.45) is 6.58.